The number of nitrogens with zero attached hydrogens (tertiary/aromatic N) is 6. The summed E-state index contributed by atoms with van der Waals surface area (Å²) in [7, 11) is 0. The molecule has 0 aliphatic rings. The Bertz CT molecular complexity index is 489. The molecule has 1 aromatic rings. The second kappa shape index (κ2) is 5.76. The highest BCUT2D eigenvalue weighted by Gasteiger charge is 2.12. The lowest BCUT2D eigenvalue weighted by atomic mass is 10.2. The quantitative estimate of drug-likeness (QED) is 0.334. The van der Waals surface area contributed by atoms with Crippen molar-refractivity contribution < 1.29 is 14.5 Å². The van der Waals surface area contributed by atoms with Crippen molar-refractivity contribution in [2.24, 2.45) is 10.6 Å². The molecule has 0 atom stereocenters. The van der Waals surface area contributed by atoms with Crippen molar-refractivity contribution in [1.29, 1.82) is 0 Å². The van der Waals surface area contributed by atoms with Crippen LogP contribution in [0.25, 0.3) is 20.9 Å². The molecule has 0 amide bonds. The van der Waals surface area contributed by atoms with E-state index in [1.165, 1.54) is 18.2 Å². The van der Waals surface area contributed by atoms with Crippen LogP contribution in [0.2, 0.25) is 0 Å². The van der Waals surface area contributed by atoms with Crippen LogP contribution in [0, 0.1) is 0 Å². The zero-order chi connectivity index (χ0) is 11.8. The van der Waals surface area contributed by atoms with E-state index in [1.807, 2.05) is 0 Å². The Labute approximate surface area is 88.4 Å². The first-order valence-electron chi connectivity index (χ1n) is 3.85. The summed E-state index contributed by atoms with van der Waals surface area (Å²) >= 11 is 0. The van der Waals surface area contributed by atoms with Crippen LogP contribution < -0.4 is 4.84 Å². The number of para-hydroxylation sites is 1. The standard InChI is InChI=1S/C7H4N6O3/c8-10-12-15-6-4-2-1-3-5(6)7(14)16-13-11-9/h1-4H. The Morgan fingerprint density at radius 3 is 2.56 bits per heavy atom. The summed E-state index contributed by atoms with van der Waals surface area (Å²) < 4.78 is 0. The van der Waals surface area contributed by atoms with Crippen LogP contribution in [0.1, 0.15) is 10.4 Å². The summed E-state index contributed by atoms with van der Waals surface area (Å²) in [4.78, 5) is 24.6. The van der Waals surface area contributed by atoms with E-state index in [-0.39, 0.29) is 11.3 Å². The van der Waals surface area contributed by atoms with Gasteiger partial charge < -0.3 is 9.68 Å². The molecule has 0 aliphatic carbocycles. The number of rotatable bonds is 4. The van der Waals surface area contributed by atoms with E-state index in [9.17, 15) is 4.79 Å². The molecule has 9 heteroatoms. The van der Waals surface area contributed by atoms with Crippen LogP contribution in [0.4, 0.5) is 0 Å². The minimum absolute atomic E-state index is 0.00144. The van der Waals surface area contributed by atoms with Crippen molar-refractivity contribution in [3.8, 4) is 5.75 Å². The fourth-order valence-corrected chi connectivity index (χ4v) is 0.882. The lowest BCUT2D eigenvalue weighted by Gasteiger charge is -2.02. The zero-order valence-electron chi connectivity index (χ0n) is 7.72. The van der Waals surface area contributed by atoms with Crippen LogP contribution in [0.5, 0.6) is 5.75 Å². The van der Waals surface area contributed by atoms with Crippen molar-refractivity contribution in [3.63, 3.8) is 0 Å². The molecule has 0 spiro atoms. The summed E-state index contributed by atoms with van der Waals surface area (Å²) in [6.07, 6.45) is 0. The number of hydrogen-bond acceptors (Lipinski definition) is 5. The summed E-state index contributed by atoms with van der Waals surface area (Å²) in [5.74, 6) is -0.917. The highest BCUT2D eigenvalue weighted by molar-refractivity contribution is 5.92. The van der Waals surface area contributed by atoms with Gasteiger partial charge in [-0.25, -0.2) is 4.79 Å². The maximum absolute atomic E-state index is 11.3. The van der Waals surface area contributed by atoms with Crippen molar-refractivity contribution in [2.75, 3.05) is 0 Å². The fourth-order valence-electron chi connectivity index (χ4n) is 0.882. The Hall–Kier alpha value is -2.89. The molecule has 1 rings (SSSR count). The van der Waals surface area contributed by atoms with Gasteiger partial charge in [0.2, 0.25) is 0 Å². The van der Waals surface area contributed by atoms with Gasteiger partial charge >= 0.3 is 5.97 Å². The molecule has 0 fully saturated rings. The first kappa shape index (κ1) is 11.2. The molecule has 0 saturated carbocycles. The first-order chi connectivity index (χ1) is 7.79. The number of azide groups is 2. The Morgan fingerprint density at radius 1 is 1.19 bits per heavy atom. The molecule has 9 nitrogen and oxygen atoms in total. The second-order valence-corrected chi connectivity index (χ2v) is 2.31. The number of carbonyl (C=O) groups excluding carboxylic acids is 1. The van der Waals surface area contributed by atoms with E-state index in [2.05, 4.69) is 30.1 Å². The molecule has 80 valence electrons. The van der Waals surface area contributed by atoms with Crippen molar-refractivity contribution >= 4 is 5.97 Å². The minimum Gasteiger partial charge on any atom is -0.393 e. The monoisotopic (exact) mass is 220 g/mol. The Morgan fingerprint density at radius 2 is 1.88 bits per heavy atom. The fraction of sp³-hybridized carbons (Fsp3) is 0. The van der Waals surface area contributed by atoms with Crippen molar-refractivity contribution in [2.45, 2.75) is 0 Å². The van der Waals surface area contributed by atoms with Gasteiger partial charge in [-0.15, -0.1) is 0 Å². The lowest BCUT2D eigenvalue weighted by Crippen LogP contribution is -2.02. The number of benzene rings is 1. The molecule has 0 bridgehead atoms. The van der Waals surface area contributed by atoms with Gasteiger partial charge in [0.25, 0.3) is 0 Å². The number of carbonyl (C=O) groups is 1. The Balaban J connectivity index is 2.97. The predicted molar refractivity (Wildman–Crippen MR) is 50.8 cm³/mol. The molecule has 0 aromatic heterocycles. The van der Waals surface area contributed by atoms with E-state index in [1.54, 1.807) is 6.07 Å². The summed E-state index contributed by atoms with van der Waals surface area (Å²) in [5, 5.41) is 5.48. The summed E-state index contributed by atoms with van der Waals surface area (Å²) in [5.41, 5.74) is 16.0. The second-order valence-electron chi connectivity index (χ2n) is 2.31. The van der Waals surface area contributed by atoms with Crippen LogP contribution in [-0.2, 0) is 4.84 Å². The third kappa shape index (κ3) is 2.81. The topological polar surface area (TPSA) is 133 Å². The molecule has 1 aromatic carbocycles. The van der Waals surface area contributed by atoms with Crippen molar-refractivity contribution in [3.05, 3.63) is 50.7 Å². The van der Waals surface area contributed by atoms with Gasteiger partial charge in [0.05, 0.1) is 0 Å². The van der Waals surface area contributed by atoms with Gasteiger partial charge in [-0.05, 0) is 23.2 Å². The summed E-state index contributed by atoms with van der Waals surface area (Å²) in [6, 6.07) is 5.85. The van der Waals surface area contributed by atoms with Gasteiger partial charge in [0.15, 0.2) is 5.75 Å². The van der Waals surface area contributed by atoms with E-state index < -0.39 is 5.97 Å². The molecule has 0 unspecified atom stereocenters. The van der Waals surface area contributed by atoms with E-state index >= 15 is 0 Å². The molecule has 0 N–H and O–H groups in total. The largest absolute Gasteiger partial charge is 0.393 e. The molecule has 0 saturated heterocycles. The molecule has 0 heterocycles. The molecular weight excluding hydrogens is 216 g/mol. The first-order valence-corrected chi connectivity index (χ1v) is 3.85. The van der Waals surface area contributed by atoms with Gasteiger partial charge in [-0.1, -0.05) is 12.1 Å². The highest BCUT2D eigenvalue weighted by Crippen LogP contribution is 2.19. The van der Waals surface area contributed by atoms with Crippen LogP contribution >= 0.6 is 0 Å². The zero-order valence-corrected chi connectivity index (χ0v) is 7.72. The van der Waals surface area contributed by atoms with E-state index in [0.29, 0.717) is 0 Å². The third-order valence-corrected chi connectivity index (χ3v) is 1.44. The van der Waals surface area contributed by atoms with E-state index in [0.717, 1.165) is 0 Å². The van der Waals surface area contributed by atoms with Crippen LogP contribution in [-0.4, -0.2) is 5.97 Å². The smallest absolute Gasteiger partial charge is 0.353 e. The molecule has 0 radical (unpaired) electrons. The van der Waals surface area contributed by atoms with Gasteiger partial charge in [-0.2, -0.15) is 0 Å². The third-order valence-electron chi connectivity index (χ3n) is 1.44. The van der Waals surface area contributed by atoms with Crippen molar-refractivity contribution in [1.82, 2.24) is 0 Å². The normalized spacial score (nSPS) is 8.25. The van der Waals surface area contributed by atoms with Gasteiger partial charge in [0.1, 0.15) is 16.1 Å². The summed E-state index contributed by atoms with van der Waals surface area (Å²) in [6.45, 7) is 0. The van der Waals surface area contributed by atoms with Crippen LogP contribution in [0.3, 0.4) is 0 Å². The molecule has 16 heavy (non-hydrogen) atoms. The molecular formula is C7H4N6O3. The van der Waals surface area contributed by atoms with Crippen LogP contribution in [0.15, 0.2) is 34.8 Å². The van der Waals surface area contributed by atoms with Gasteiger partial charge in [-0.3, -0.25) is 0 Å². The highest BCUT2D eigenvalue weighted by atomic mass is 16.7. The average Bonchev–Trinajstić information content (AvgIpc) is 2.33. The SMILES string of the molecule is [N-]=[N+]=NOC(=O)c1ccccc1ON=[N+]=[N-]. The van der Waals surface area contributed by atoms with E-state index in [4.69, 9.17) is 11.1 Å². The maximum Gasteiger partial charge on any atom is 0.353 e. The van der Waals surface area contributed by atoms with Gasteiger partial charge in [0, 0.05) is 9.82 Å². The minimum atomic E-state index is -0.915. The molecule has 0 aliphatic heterocycles. The number of hydrogen-bond donors (Lipinski definition) is 0. The predicted octanol–water partition coefficient (Wildman–Crippen LogP) is 2.67. The lowest BCUT2D eigenvalue weighted by molar-refractivity contribution is 0.0501. The average molecular weight is 220 g/mol. The Kier molecular flexibility index (Phi) is 4.03. The maximum atomic E-state index is 11.3.